The molecule has 0 spiro atoms. The predicted octanol–water partition coefficient (Wildman–Crippen LogP) is 2.39. The van der Waals surface area contributed by atoms with E-state index >= 15 is 0 Å². The van der Waals surface area contributed by atoms with Crippen molar-refractivity contribution >= 4 is 0 Å². The van der Waals surface area contributed by atoms with E-state index in [9.17, 15) is 13.9 Å². The topological polar surface area (TPSA) is 58.3 Å². The third-order valence-electron chi connectivity index (χ3n) is 3.14. The van der Waals surface area contributed by atoms with Crippen LogP contribution >= 0.6 is 0 Å². The normalized spacial score (nSPS) is 12.7. The second-order valence-corrected chi connectivity index (χ2v) is 4.62. The summed E-state index contributed by atoms with van der Waals surface area (Å²) in [6.07, 6.45) is -1.12. The minimum absolute atomic E-state index is 0.0590. The van der Waals surface area contributed by atoms with Crippen molar-refractivity contribution in [1.29, 1.82) is 0 Å². The summed E-state index contributed by atoms with van der Waals surface area (Å²) in [6, 6.07) is 3.02. The number of nitrogens with one attached hydrogen (secondary N) is 1. The summed E-state index contributed by atoms with van der Waals surface area (Å²) in [5.41, 5.74) is 1.61. The Morgan fingerprint density at radius 3 is 2.75 bits per heavy atom. The van der Waals surface area contributed by atoms with Crippen LogP contribution in [0.25, 0.3) is 0 Å². The Labute approximate surface area is 115 Å². The van der Waals surface area contributed by atoms with E-state index in [4.69, 9.17) is 4.52 Å². The molecule has 20 heavy (non-hydrogen) atoms. The number of nitrogens with zero attached hydrogens (tertiary/aromatic N) is 1. The highest BCUT2D eigenvalue weighted by atomic mass is 19.1. The van der Waals surface area contributed by atoms with E-state index in [0.717, 1.165) is 29.5 Å². The van der Waals surface area contributed by atoms with Crippen LogP contribution in [-0.2, 0) is 6.54 Å². The third-order valence-corrected chi connectivity index (χ3v) is 3.14. The molecule has 1 unspecified atom stereocenters. The van der Waals surface area contributed by atoms with Crippen LogP contribution in [0.3, 0.4) is 0 Å². The van der Waals surface area contributed by atoms with Crippen LogP contribution in [-0.4, -0.2) is 16.8 Å². The van der Waals surface area contributed by atoms with Crippen molar-refractivity contribution in [2.45, 2.75) is 26.5 Å². The number of rotatable bonds is 5. The Morgan fingerprint density at radius 1 is 1.35 bits per heavy atom. The number of aliphatic hydroxyl groups is 1. The van der Waals surface area contributed by atoms with Gasteiger partial charge in [0.1, 0.15) is 17.4 Å². The quantitative estimate of drug-likeness (QED) is 0.884. The van der Waals surface area contributed by atoms with E-state index in [1.54, 1.807) is 6.92 Å². The predicted molar refractivity (Wildman–Crippen MR) is 69.0 cm³/mol. The van der Waals surface area contributed by atoms with Gasteiger partial charge in [0.15, 0.2) is 0 Å². The molecule has 0 aliphatic heterocycles. The molecule has 0 saturated heterocycles. The number of hydrogen-bond donors (Lipinski definition) is 2. The van der Waals surface area contributed by atoms with Gasteiger partial charge >= 0.3 is 0 Å². The van der Waals surface area contributed by atoms with Crippen LogP contribution in [0.1, 0.15) is 28.7 Å². The number of aromatic nitrogens is 1. The van der Waals surface area contributed by atoms with Gasteiger partial charge in [0.25, 0.3) is 0 Å². The SMILES string of the molecule is Cc1noc(C)c1CNCC(O)c1cc(F)ccc1F. The van der Waals surface area contributed by atoms with Gasteiger partial charge < -0.3 is 14.9 Å². The Hall–Kier alpha value is -1.79. The molecule has 0 bridgehead atoms. The minimum Gasteiger partial charge on any atom is -0.387 e. The van der Waals surface area contributed by atoms with Crippen LogP contribution in [0.2, 0.25) is 0 Å². The number of aryl methyl sites for hydroxylation is 2. The van der Waals surface area contributed by atoms with Crippen molar-refractivity contribution < 1.29 is 18.4 Å². The summed E-state index contributed by atoms with van der Waals surface area (Å²) < 4.78 is 31.5. The lowest BCUT2D eigenvalue weighted by Gasteiger charge is -2.13. The van der Waals surface area contributed by atoms with E-state index in [0.29, 0.717) is 12.3 Å². The van der Waals surface area contributed by atoms with Gasteiger partial charge in [0.2, 0.25) is 0 Å². The highest BCUT2D eigenvalue weighted by molar-refractivity contribution is 5.22. The maximum absolute atomic E-state index is 13.5. The molecular weight excluding hydrogens is 266 g/mol. The van der Waals surface area contributed by atoms with Crippen molar-refractivity contribution in [3.63, 3.8) is 0 Å². The van der Waals surface area contributed by atoms with E-state index < -0.39 is 17.7 Å². The summed E-state index contributed by atoms with van der Waals surface area (Å²) in [6.45, 7) is 4.15. The number of aliphatic hydroxyl groups excluding tert-OH is 1. The first-order valence-electron chi connectivity index (χ1n) is 6.24. The summed E-state index contributed by atoms with van der Waals surface area (Å²) in [4.78, 5) is 0. The molecule has 2 aromatic rings. The highest BCUT2D eigenvalue weighted by Gasteiger charge is 2.14. The van der Waals surface area contributed by atoms with Gasteiger partial charge in [0, 0.05) is 24.2 Å². The number of hydrogen-bond acceptors (Lipinski definition) is 4. The fraction of sp³-hybridized carbons (Fsp3) is 0.357. The molecule has 2 N–H and O–H groups in total. The zero-order valence-corrected chi connectivity index (χ0v) is 11.3. The monoisotopic (exact) mass is 282 g/mol. The molecule has 0 saturated carbocycles. The van der Waals surface area contributed by atoms with Crippen LogP contribution in [0.4, 0.5) is 8.78 Å². The molecule has 0 aliphatic rings. The molecule has 0 fully saturated rings. The summed E-state index contributed by atoms with van der Waals surface area (Å²) >= 11 is 0. The lowest BCUT2D eigenvalue weighted by molar-refractivity contribution is 0.169. The van der Waals surface area contributed by atoms with E-state index in [2.05, 4.69) is 10.5 Å². The number of benzene rings is 1. The zero-order chi connectivity index (χ0) is 14.7. The summed E-state index contributed by atoms with van der Waals surface area (Å²) in [5, 5.41) is 16.7. The highest BCUT2D eigenvalue weighted by Crippen LogP contribution is 2.18. The molecule has 1 aromatic heterocycles. The molecule has 6 heteroatoms. The molecule has 1 aromatic carbocycles. The summed E-state index contributed by atoms with van der Waals surface area (Å²) in [5.74, 6) is -0.509. The molecule has 1 heterocycles. The van der Waals surface area contributed by atoms with Crippen LogP contribution in [0.5, 0.6) is 0 Å². The van der Waals surface area contributed by atoms with E-state index in [1.165, 1.54) is 0 Å². The van der Waals surface area contributed by atoms with Crippen molar-refractivity contribution in [3.05, 3.63) is 52.4 Å². The average molecular weight is 282 g/mol. The maximum Gasteiger partial charge on any atom is 0.138 e. The van der Waals surface area contributed by atoms with Gasteiger partial charge in [-0.2, -0.15) is 0 Å². The smallest absolute Gasteiger partial charge is 0.138 e. The molecular formula is C14H16F2N2O2. The third kappa shape index (κ3) is 3.20. The van der Waals surface area contributed by atoms with Crippen molar-refractivity contribution in [2.24, 2.45) is 0 Å². The van der Waals surface area contributed by atoms with Gasteiger partial charge in [-0.3, -0.25) is 0 Å². The largest absolute Gasteiger partial charge is 0.387 e. The molecule has 0 radical (unpaired) electrons. The first-order valence-corrected chi connectivity index (χ1v) is 6.24. The lowest BCUT2D eigenvalue weighted by atomic mass is 10.1. The van der Waals surface area contributed by atoms with Gasteiger partial charge in [-0.25, -0.2) is 8.78 Å². The molecule has 4 nitrogen and oxygen atoms in total. The summed E-state index contributed by atoms with van der Waals surface area (Å²) in [7, 11) is 0. The van der Waals surface area contributed by atoms with Gasteiger partial charge in [0.05, 0.1) is 11.8 Å². The van der Waals surface area contributed by atoms with E-state index in [-0.39, 0.29) is 12.1 Å². The Kier molecular flexibility index (Phi) is 4.46. The van der Waals surface area contributed by atoms with Crippen molar-refractivity contribution in [2.75, 3.05) is 6.54 Å². The fourth-order valence-corrected chi connectivity index (χ4v) is 1.97. The van der Waals surface area contributed by atoms with Gasteiger partial charge in [-0.1, -0.05) is 5.16 Å². The molecule has 0 aliphatic carbocycles. The Bertz CT molecular complexity index is 579. The van der Waals surface area contributed by atoms with Crippen LogP contribution in [0, 0.1) is 25.5 Å². The van der Waals surface area contributed by atoms with Crippen molar-refractivity contribution in [3.8, 4) is 0 Å². The second-order valence-electron chi connectivity index (χ2n) is 4.62. The molecule has 1 atom stereocenters. The molecule has 0 amide bonds. The Balaban J connectivity index is 1.96. The van der Waals surface area contributed by atoms with Crippen LogP contribution in [0.15, 0.2) is 22.7 Å². The zero-order valence-electron chi connectivity index (χ0n) is 11.3. The lowest BCUT2D eigenvalue weighted by Crippen LogP contribution is -2.22. The second kappa shape index (κ2) is 6.11. The average Bonchev–Trinajstić information content (AvgIpc) is 2.73. The maximum atomic E-state index is 13.5. The van der Waals surface area contributed by atoms with Gasteiger partial charge in [-0.15, -0.1) is 0 Å². The Morgan fingerprint density at radius 2 is 2.10 bits per heavy atom. The van der Waals surface area contributed by atoms with E-state index in [1.807, 2.05) is 6.92 Å². The molecule has 108 valence electrons. The number of halogens is 2. The van der Waals surface area contributed by atoms with Crippen molar-refractivity contribution in [1.82, 2.24) is 10.5 Å². The standard InChI is InChI=1S/C14H16F2N2O2/c1-8-12(9(2)20-18-8)6-17-7-14(19)11-5-10(15)3-4-13(11)16/h3-5,14,17,19H,6-7H2,1-2H3. The first kappa shape index (κ1) is 14.6. The van der Waals surface area contributed by atoms with Crippen LogP contribution < -0.4 is 5.32 Å². The first-order chi connectivity index (χ1) is 9.49. The van der Waals surface area contributed by atoms with Gasteiger partial charge in [-0.05, 0) is 32.0 Å². The fourth-order valence-electron chi connectivity index (χ4n) is 1.97. The minimum atomic E-state index is -1.12. The molecule has 2 rings (SSSR count).